The van der Waals surface area contributed by atoms with Crippen LogP contribution in [0.3, 0.4) is 0 Å². The molecule has 0 unspecified atom stereocenters. The van der Waals surface area contributed by atoms with Crippen LogP contribution in [0.4, 0.5) is 5.69 Å². The van der Waals surface area contributed by atoms with Gasteiger partial charge in [0.2, 0.25) is 0 Å². The highest BCUT2D eigenvalue weighted by Crippen LogP contribution is 2.20. The zero-order chi connectivity index (χ0) is 12.7. The minimum Gasteiger partial charge on any atom is -0.385 e. The Bertz CT molecular complexity index is 385. The lowest BCUT2D eigenvalue weighted by atomic mass is 10.2. The molecule has 0 heterocycles. The second-order valence-corrected chi connectivity index (χ2v) is 4.94. The molecule has 94 valence electrons. The van der Waals surface area contributed by atoms with Crippen molar-refractivity contribution in [3.8, 4) is 0 Å². The van der Waals surface area contributed by atoms with Gasteiger partial charge in [-0.15, -0.1) is 0 Å². The first-order valence-corrected chi connectivity index (χ1v) is 7.20. The topological polar surface area (TPSA) is 41.1 Å². The monoisotopic (exact) mass is 272 g/mol. The smallest absolute Gasteiger partial charge is 0.252 e. The van der Waals surface area contributed by atoms with Gasteiger partial charge in [-0.1, -0.05) is 11.6 Å². The first kappa shape index (κ1) is 14.2. The van der Waals surface area contributed by atoms with Gasteiger partial charge in [-0.2, -0.15) is 11.8 Å². The van der Waals surface area contributed by atoms with Crippen LogP contribution in [0.1, 0.15) is 16.8 Å². The maximum absolute atomic E-state index is 11.5. The molecule has 0 aliphatic rings. The van der Waals surface area contributed by atoms with Crippen molar-refractivity contribution < 1.29 is 4.79 Å². The molecule has 17 heavy (non-hydrogen) atoms. The van der Waals surface area contributed by atoms with E-state index in [-0.39, 0.29) is 5.91 Å². The molecule has 5 heteroatoms. The maximum Gasteiger partial charge on any atom is 0.252 e. The summed E-state index contributed by atoms with van der Waals surface area (Å²) in [5.41, 5.74) is 1.43. The Hall–Kier alpha value is -0.870. The number of benzene rings is 1. The fourth-order valence-electron chi connectivity index (χ4n) is 1.39. The molecular weight excluding hydrogens is 256 g/mol. The van der Waals surface area contributed by atoms with E-state index in [0.717, 1.165) is 24.4 Å². The van der Waals surface area contributed by atoms with E-state index in [2.05, 4.69) is 16.9 Å². The third-order valence-corrected chi connectivity index (χ3v) is 3.32. The van der Waals surface area contributed by atoms with Gasteiger partial charge in [0.15, 0.2) is 0 Å². The van der Waals surface area contributed by atoms with Gasteiger partial charge in [-0.3, -0.25) is 4.79 Å². The first-order chi connectivity index (χ1) is 8.19. The van der Waals surface area contributed by atoms with Crippen LogP contribution in [0.2, 0.25) is 5.02 Å². The zero-order valence-electron chi connectivity index (χ0n) is 10.0. The largest absolute Gasteiger partial charge is 0.385 e. The molecule has 0 saturated heterocycles. The van der Waals surface area contributed by atoms with E-state index in [1.807, 2.05) is 17.8 Å². The molecule has 1 amide bonds. The average Bonchev–Trinajstić information content (AvgIpc) is 2.35. The maximum atomic E-state index is 11.5. The second-order valence-electron chi connectivity index (χ2n) is 3.55. The SMILES string of the molecule is CNC(=O)c1cc(NCCCSC)ccc1Cl. The van der Waals surface area contributed by atoms with Crippen molar-refractivity contribution in [3.05, 3.63) is 28.8 Å². The number of carbonyl (C=O) groups is 1. The van der Waals surface area contributed by atoms with Gasteiger partial charge in [0, 0.05) is 19.3 Å². The molecule has 1 aromatic carbocycles. The molecule has 0 fully saturated rings. The summed E-state index contributed by atoms with van der Waals surface area (Å²) in [4.78, 5) is 11.5. The molecule has 0 spiro atoms. The molecule has 0 radical (unpaired) electrons. The lowest BCUT2D eigenvalue weighted by Gasteiger charge is -2.09. The van der Waals surface area contributed by atoms with Gasteiger partial charge in [-0.25, -0.2) is 0 Å². The van der Waals surface area contributed by atoms with Gasteiger partial charge in [0.1, 0.15) is 0 Å². The Kier molecular flexibility index (Phi) is 6.22. The highest BCUT2D eigenvalue weighted by molar-refractivity contribution is 7.98. The lowest BCUT2D eigenvalue weighted by Crippen LogP contribution is -2.18. The van der Waals surface area contributed by atoms with E-state index in [9.17, 15) is 4.79 Å². The number of hydrogen-bond donors (Lipinski definition) is 2. The number of carbonyl (C=O) groups excluding carboxylic acids is 1. The summed E-state index contributed by atoms with van der Waals surface area (Å²) in [5, 5.41) is 6.32. The zero-order valence-corrected chi connectivity index (χ0v) is 11.6. The Morgan fingerprint density at radius 3 is 2.88 bits per heavy atom. The van der Waals surface area contributed by atoms with Gasteiger partial charge >= 0.3 is 0 Å². The van der Waals surface area contributed by atoms with Crippen LogP contribution in [0, 0.1) is 0 Å². The molecule has 2 N–H and O–H groups in total. The quantitative estimate of drug-likeness (QED) is 0.783. The summed E-state index contributed by atoms with van der Waals surface area (Å²) >= 11 is 7.79. The van der Waals surface area contributed by atoms with E-state index in [1.54, 1.807) is 19.2 Å². The molecular formula is C12H17ClN2OS. The summed E-state index contributed by atoms with van der Waals surface area (Å²) in [5.74, 6) is 0.964. The van der Waals surface area contributed by atoms with Crippen molar-refractivity contribution in [2.75, 3.05) is 30.9 Å². The van der Waals surface area contributed by atoms with E-state index in [4.69, 9.17) is 11.6 Å². The van der Waals surface area contributed by atoms with E-state index < -0.39 is 0 Å². The molecule has 0 atom stereocenters. The van der Waals surface area contributed by atoms with Crippen LogP contribution >= 0.6 is 23.4 Å². The Balaban J connectivity index is 2.65. The van der Waals surface area contributed by atoms with E-state index in [0.29, 0.717) is 10.6 Å². The Labute approximate surface area is 111 Å². The highest BCUT2D eigenvalue weighted by Gasteiger charge is 2.08. The van der Waals surface area contributed by atoms with Crippen LogP contribution in [0.5, 0.6) is 0 Å². The van der Waals surface area contributed by atoms with Gasteiger partial charge in [0.25, 0.3) is 5.91 Å². The highest BCUT2D eigenvalue weighted by atomic mass is 35.5. The third-order valence-electron chi connectivity index (χ3n) is 2.29. The number of nitrogens with one attached hydrogen (secondary N) is 2. The summed E-state index contributed by atoms with van der Waals surface area (Å²) in [6.07, 6.45) is 3.19. The van der Waals surface area contributed by atoms with E-state index in [1.165, 1.54) is 0 Å². The van der Waals surface area contributed by atoms with Crippen LogP contribution in [-0.4, -0.2) is 31.5 Å². The summed E-state index contributed by atoms with van der Waals surface area (Å²) in [7, 11) is 1.59. The predicted molar refractivity (Wildman–Crippen MR) is 76.3 cm³/mol. The molecule has 0 aliphatic carbocycles. The lowest BCUT2D eigenvalue weighted by molar-refractivity contribution is 0.0963. The van der Waals surface area contributed by atoms with Crippen molar-refractivity contribution >= 4 is 35.0 Å². The van der Waals surface area contributed by atoms with Crippen LogP contribution in [0.25, 0.3) is 0 Å². The summed E-state index contributed by atoms with van der Waals surface area (Å²) in [6.45, 7) is 0.898. The molecule has 3 nitrogen and oxygen atoms in total. The fraction of sp³-hybridized carbons (Fsp3) is 0.417. The predicted octanol–water partition coefficient (Wildman–Crippen LogP) is 2.86. The Morgan fingerprint density at radius 2 is 2.24 bits per heavy atom. The third kappa shape index (κ3) is 4.48. The minimum atomic E-state index is -0.164. The molecule has 1 rings (SSSR count). The number of amides is 1. The van der Waals surface area contributed by atoms with Gasteiger partial charge in [0.05, 0.1) is 10.6 Å². The minimum absolute atomic E-state index is 0.164. The molecule has 0 bridgehead atoms. The summed E-state index contributed by atoms with van der Waals surface area (Å²) in [6, 6.07) is 5.40. The van der Waals surface area contributed by atoms with Crippen molar-refractivity contribution in [3.63, 3.8) is 0 Å². The number of anilines is 1. The summed E-state index contributed by atoms with van der Waals surface area (Å²) < 4.78 is 0. The van der Waals surface area contributed by atoms with Gasteiger partial charge < -0.3 is 10.6 Å². The number of halogens is 1. The van der Waals surface area contributed by atoms with Crippen molar-refractivity contribution in [1.29, 1.82) is 0 Å². The van der Waals surface area contributed by atoms with Crippen molar-refractivity contribution in [2.24, 2.45) is 0 Å². The number of rotatable bonds is 6. The molecule has 0 saturated carbocycles. The van der Waals surface area contributed by atoms with Crippen LogP contribution < -0.4 is 10.6 Å². The fourth-order valence-corrected chi connectivity index (χ4v) is 2.03. The second kappa shape index (κ2) is 7.45. The van der Waals surface area contributed by atoms with Crippen LogP contribution in [-0.2, 0) is 0 Å². The number of hydrogen-bond acceptors (Lipinski definition) is 3. The number of thioether (sulfide) groups is 1. The molecule has 0 aromatic heterocycles. The Morgan fingerprint density at radius 1 is 1.47 bits per heavy atom. The normalized spacial score (nSPS) is 10.1. The average molecular weight is 273 g/mol. The van der Waals surface area contributed by atoms with E-state index >= 15 is 0 Å². The van der Waals surface area contributed by atoms with Gasteiger partial charge in [-0.05, 0) is 36.6 Å². The van der Waals surface area contributed by atoms with Crippen LogP contribution in [0.15, 0.2) is 18.2 Å². The van der Waals surface area contributed by atoms with Crippen molar-refractivity contribution in [1.82, 2.24) is 5.32 Å². The first-order valence-electron chi connectivity index (χ1n) is 5.43. The molecule has 0 aliphatic heterocycles. The van der Waals surface area contributed by atoms with Crippen molar-refractivity contribution in [2.45, 2.75) is 6.42 Å². The molecule has 1 aromatic rings. The standard InChI is InChI=1S/C12H17ClN2OS/c1-14-12(16)10-8-9(4-5-11(10)13)15-6-3-7-17-2/h4-5,8,15H,3,6-7H2,1-2H3,(H,14,16).